The van der Waals surface area contributed by atoms with Crippen molar-refractivity contribution in [1.82, 2.24) is 10.6 Å². The van der Waals surface area contributed by atoms with Crippen LogP contribution in [0.15, 0.2) is 29.3 Å². The smallest absolute Gasteiger partial charge is 0.387 e. The van der Waals surface area contributed by atoms with Crippen molar-refractivity contribution in [2.75, 3.05) is 31.1 Å². The maximum Gasteiger partial charge on any atom is 0.387 e. The Morgan fingerprint density at radius 2 is 2.00 bits per heavy atom. The quantitative estimate of drug-likeness (QED) is 0.269. The number of ether oxygens (including phenoxy) is 1. The van der Waals surface area contributed by atoms with Crippen LogP contribution in [-0.4, -0.2) is 57.2 Å². The zero-order valence-electron chi connectivity index (χ0n) is 15.5. The molecule has 0 bridgehead atoms. The van der Waals surface area contributed by atoms with Crippen molar-refractivity contribution in [3.63, 3.8) is 0 Å². The number of halogens is 3. The van der Waals surface area contributed by atoms with Gasteiger partial charge in [0.25, 0.3) is 0 Å². The molecule has 1 fully saturated rings. The summed E-state index contributed by atoms with van der Waals surface area (Å²) in [6.07, 6.45) is -0.280. The Bertz CT molecular complexity index is 732. The lowest BCUT2D eigenvalue weighted by molar-refractivity contribution is -0.0498. The van der Waals surface area contributed by atoms with Crippen LogP contribution in [0, 0.1) is 5.92 Å². The molecule has 0 amide bonds. The molecule has 1 heterocycles. The van der Waals surface area contributed by atoms with Gasteiger partial charge in [0, 0.05) is 13.1 Å². The van der Waals surface area contributed by atoms with E-state index >= 15 is 0 Å². The van der Waals surface area contributed by atoms with E-state index in [-0.39, 0.29) is 53.7 Å². The van der Waals surface area contributed by atoms with E-state index in [1.807, 2.05) is 6.92 Å². The first-order valence-electron chi connectivity index (χ1n) is 8.74. The lowest BCUT2D eigenvalue weighted by atomic mass is 10.1. The fourth-order valence-electron chi connectivity index (χ4n) is 2.77. The number of nitrogens with one attached hydrogen (secondary N) is 2. The Hall–Kier alpha value is -1.21. The minimum Gasteiger partial charge on any atom is -0.435 e. The van der Waals surface area contributed by atoms with Crippen molar-refractivity contribution in [1.29, 1.82) is 0 Å². The van der Waals surface area contributed by atoms with Crippen LogP contribution in [0.25, 0.3) is 0 Å². The number of sulfone groups is 1. The van der Waals surface area contributed by atoms with Gasteiger partial charge < -0.3 is 20.5 Å². The van der Waals surface area contributed by atoms with Crippen LogP contribution in [0.2, 0.25) is 0 Å². The highest BCUT2D eigenvalue weighted by atomic mass is 127. The number of hydrogen-bond acceptors (Lipinski definition) is 5. The van der Waals surface area contributed by atoms with Gasteiger partial charge in [-0.2, -0.15) is 8.78 Å². The minimum absolute atomic E-state index is 0. The molecule has 28 heavy (non-hydrogen) atoms. The van der Waals surface area contributed by atoms with E-state index in [1.54, 1.807) is 0 Å². The maximum absolute atomic E-state index is 12.2. The molecule has 2 unspecified atom stereocenters. The Labute approximate surface area is 180 Å². The SMILES string of the molecule is CCNC(=NCC(O)c1ccc(OC(F)F)cc1)NCC1CCS(=O)(=O)C1.I. The van der Waals surface area contributed by atoms with E-state index in [0.717, 1.165) is 0 Å². The van der Waals surface area contributed by atoms with Crippen LogP contribution in [0.3, 0.4) is 0 Å². The van der Waals surface area contributed by atoms with E-state index < -0.39 is 22.6 Å². The molecular formula is C17H26F2IN3O4S. The molecule has 7 nitrogen and oxygen atoms in total. The average Bonchev–Trinajstić information content (AvgIpc) is 2.96. The number of aliphatic hydroxyl groups excluding tert-OH is 1. The summed E-state index contributed by atoms with van der Waals surface area (Å²) in [6.45, 7) is 0.169. The molecule has 1 aromatic carbocycles. The van der Waals surface area contributed by atoms with Crippen LogP contribution in [-0.2, 0) is 9.84 Å². The Morgan fingerprint density at radius 1 is 1.32 bits per heavy atom. The largest absolute Gasteiger partial charge is 0.435 e. The number of guanidine groups is 1. The molecule has 0 radical (unpaired) electrons. The monoisotopic (exact) mass is 533 g/mol. The molecule has 2 atom stereocenters. The first kappa shape index (κ1) is 24.8. The number of alkyl halides is 2. The Balaban J connectivity index is 0.00000392. The van der Waals surface area contributed by atoms with Gasteiger partial charge in [-0.1, -0.05) is 12.1 Å². The van der Waals surface area contributed by atoms with Crippen LogP contribution in [0.4, 0.5) is 8.78 Å². The molecule has 0 aromatic heterocycles. The van der Waals surface area contributed by atoms with E-state index in [2.05, 4.69) is 20.4 Å². The van der Waals surface area contributed by atoms with Crippen LogP contribution in [0.1, 0.15) is 25.0 Å². The van der Waals surface area contributed by atoms with Crippen molar-refractivity contribution >= 4 is 39.8 Å². The molecule has 11 heteroatoms. The first-order chi connectivity index (χ1) is 12.8. The van der Waals surface area contributed by atoms with Gasteiger partial charge in [0.15, 0.2) is 15.8 Å². The van der Waals surface area contributed by atoms with Crippen LogP contribution < -0.4 is 15.4 Å². The van der Waals surface area contributed by atoms with Crippen molar-refractivity contribution < 1.29 is 27.0 Å². The molecule has 1 saturated heterocycles. The number of aliphatic hydroxyl groups is 1. The van der Waals surface area contributed by atoms with Gasteiger partial charge in [-0.05, 0) is 37.0 Å². The second kappa shape index (κ2) is 11.7. The van der Waals surface area contributed by atoms with Crippen LogP contribution in [0.5, 0.6) is 5.75 Å². The summed E-state index contributed by atoms with van der Waals surface area (Å²) in [5, 5.41) is 16.4. The van der Waals surface area contributed by atoms with Gasteiger partial charge >= 0.3 is 6.61 Å². The lowest BCUT2D eigenvalue weighted by Crippen LogP contribution is -2.40. The third kappa shape index (κ3) is 8.43. The maximum atomic E-state index is 12.2. The van der Waals surface area contributed by atoms with Crippen molar-refractivity contribution in [3.05, 3.63) is 29.8 Å². The summed E-state index contributed by atoms with van der Waals surface area (Å²) < 4.78 is 51.6. The van der Waals surface area contributed by atoms with Gasteiger partial charge in [-0.3, -0.25) is 4.99 Å². The third-order valence-electron chi connectivity index (χ3n) is 4.14. The van der Waals surface area contributed by atoms with E-state index in [0.29, 0.717) is 31.0 Å². The summed E-state index contributed by atoms with van der Waals surface area (Å²) in [7, 11) is -2.93. The van der Waals surface area contributed by atoms with E-state index in [9.17, 15) is 22.3 Å². The zero-order valence-corrected chi connectivity index (χ0v) is 18.6. The summed E-state index contributed by atoms with van der Waals surface area (Å²) in [5.41, 5.74) is 0.526. The zero-order chi connectivity index (χ0) is 19.9. The standard InChI is InChI=1S/C17H25F2N3O4S.HI/c1-2-20-17(21-9-12-7-8-27(24,25)11-12)22-10-15(23)13-3-5-14(6-4-13)26-16(18)19;/h3-6,12,15-16,23H,2,7-11H2,1H3,(H2,20,21,22);1H. The molecule has 160 valence electrons. The number of hydrogen-bond donors (Lipinski definition) is 3. The predicted octanol–water partition coefficient (Wildman–Crippen LogP) is 1.93. The summed E-state index contributed by atoms with van der Waals surface area (Å²) in [4.78, 5) is 4.30. The van der Waals surface area contributed by atoms with Gasteiger partial charge in [0.05, 0.1) is 24.2 Å². The number of aliphatic imine (C=N–C) groups is 1. The topological polar surface area (TPSA) is 100 Å². The highest BCUT2D eigenvalue weighted by molar-refractivity contribution is 14.0. The third-order valence-corrected chi connectivity index (χ3v) is 5.98. The van der Waals surface area contributed by atoms with E-state index in [4.69, 9.17) is 0 Å². The fourth-order valence-corrected chi connectivity index (χ4v) is 4.63. The highest BCUT2D eigenvalue weighted by Crippen LogP contribution is 2.20. The molecule has 0 saturated carbocycles. The Kier molecular flexibility index (Phi) is 10.4. The molecule has 2 rings (SSSR count). The van der Waals surface area contributed by atoms with Crippen molar-refractivity contribution in [2.45, 2.75) is 26.1 Å². The molecule has 0 aliphatic carbocycles. The van der Waals surface area contributed by atoms with Gasteiger partial charge in [-0.15, -0.1) is 24.0 Å². The summed E-state index contributed by atoms with van der Waals surface area (Å²) in [6, 6.07) is 5.72. The molecule has 1 aliphatic heterocycles. The van der Waals surface area contributed by atoms with Gasteiger partial charge in [0.1, 0.15) is 5.75 Å². The summed E-state index contributed by atoms with van der Waals surface area (Å²) in [5.74, 6) is 0.946. The second-order valence-electron chi connectivity index (χ2n) is 6.33. The second-order valence-corrected chi connectivity index (χ2v) is 8.56. The number of benzene rings is 1. The van der Waals surface area contributed by atoms with Crippen molar-refractivity contribution in [3.8, 4) is 5.75 Å². The first-order valence-corrected chi connectivity index (χ1v) is 10.6. The molecule has 0 spiro atoms. The minimum atomic E-state index is -2.93. The molecule has 1 aliphatic rings. The normalized spacial score (nSPS) is 19.8. The summed E-state index contributed by atoms with van der Waals surface area (Å²) >= 11 is 0. The number of rotatable bonds is 8. The molecular weight excluding hydrogens is 507 g/mol. The Morgan fingerprint density at radius 3 is 2.54 bits per heavy atom. The molecule has 3 N–H and O–H groups in total. The number of nitrogens with zero attached hydrogens (tertiary/aromatic N) is 1. The molecule has 1 aromatic rings. The van der Waals surface area contributed by atoms with Gasteiger partial charge in [-0.25, -0.2) is 8.42 Å². The van der Waals surface area contributed by atoms with Crippen LogP contribution >= 0.6 is 24.0 Å². The average molecular weight is 533 g/mol. The predicted molar refractivity (Wildman–Crippen MR) is 114 cm³/mol. The van der Waals surface area contributed by atoms with E-state index in [1.165, 1.54) is 24.3 Å². The van der Waals surface area contributed by atoms with Gasteiger partial charge in [0.2, 0.25) is 0 Å². The van der Waals surface area contributed by atoms with Crippen molar-refractivity contribution in [2.24, 2.45) is 10.9 Å². The lowest BCUT2D eigenvalue weighted by Gasteiger charge is -2.15. The highest BCUT2D eigenvalue weighted by Gasteiger charge is 2.27. The fraction of sp³-hybridized carbons (Fsp3) is 0.588.